The Kier molecular flexibility index (Phi) is 4.68. The van der Waals surface area contributed by atoms with Crippen LogP contribution in [0.3, 0.4) is 0 Å². The number of fused-ring (bicyclic) bond motifs is 9. The van der Waals surface area contributed by atoms with Gasteiger partial charge in [0.15, 0.2) is 5.69 Å². The van der Waals surface area contributed by atoms with Crippen molar-refractivity contribution in [3.8, 4) is 16.8 Å². The first-order valence-electron chi connectivity index (χ1n) is 14.0. The van der Waals surface area contributed by atoms with E-state index in [1.807, 2.05) is 18.2 Å². The number of hydrogen-bond donors (Lipinski definition) is 0. The van der Waals surface area contributed by atoms with Crippen LogP contribution in [0, 0.1) is 6.57 Å². The number of rotatable bonds is 2. The lowest BCUT2D eigenvalue weighted by atomic mass is 9.95. The van der Waals surface area contributed by atoms with Gasteiger partial charge in [0, 0.05) is 38.3 Å². The fraction of sp³-hybridized carbons (Fsp3) is 0. The summed E-state index contributed by atoms with van der Waals surface area (Å²) in [5.74, 6) is 0. The molecule has 2 aromatic heterocycles. The van der Waals surface area contributed by atoms with Crippen LogP contribution >= 0.6 is 0 Å². The van der Waals surface area contributed by atoms with Crippen LogP contribution < -0.4 is 0 Å². The first-order chi connectivity index (χ1) is 20.8. The number of para-hydroxylation sites is 1. The predicted octanol–water partition coefficient (Wildman–Crippen LogP) is 11.2. The topological polar surface area (TPSA) is 22.4 Å². The minimum Gasteiger partial charge on any atom is -0.455 e. The molecular weight excluding hydrogens is 512 g/mol. The number of furan rings is 1. The van der Waals surface area contributed by atoms with Crippen molar-refractivity contribution in [1.29, 1.82) is 0 Å². The Hall–Kier alpha value is -5.85. The Morgan fingerprint density at radius 3 is 2.05 bits per heavy atom. The second kappa shape index (κ2) is 8.57. The molecule has 0 N–H and O–H groups in total. The third-order valence-electron chi connectivity index (χ3n) is 8.54. The standard InChI is InChI=1S/C39H22N2O/c1-40-28-16-18-32-31-17-15-27(21-35(31)41(36(32)23-28)29-12-3-2-4-13-29)33-20-26-11-7-8-14-30(26)38-34-19-24-9-5-6-10-25(24)22-37(34)42-39(33)38/h2-23H. The molecule has 0 fully saturated rings. The van der Waals surface area contributed by atoms with Gasteiger partial charge in [-0.25, -0.2) is 4.85 Å². The van der Waals surface area contributed by atoms with E-state index in [-0.39, 0.29) is 0 Å². The maximum Gasteiger partial charge on any atom is 0.189 e. The fourth-order valence-electron chi connectivity index (χ4n) is 6.62. The smallest absolute Gasteiger partial charge is 0.189 e. The maximum absolute atomic E-state index is 7.62. The summed E-state index contributed by atoms with van der Waals surface area (Å²) in [6.45, 7) is 7.62. The third kappa shape index (κ3) is 3.21. The first-order valence-corrected chi connectivity index (χ1v) is 14.0. The van der Waals surface area contributed by atoms with Gasteiger partial charge in [-0.1, -0.05) is 91.0 Å². The molecule has 0 amide bonds. The van der Waals surface area contributed by atoms with Crippen molar-refractivity contribution in [1.82, 2.24) is 4.57 Å². The molecule has 9 aromatic rings. The van der Waals surface area contributed by atoms with Gasteiger partial charge in [-0.15, -0.1) is 0 Å². The first kappa shape index (κ1) is 22.9. The lowest BCUT2D eigenvalue weighted by molar-refractivity contribution is 0.671. The summed E-state index contributed by atoms with van der Waals surface area (Å²) in [6, 6.07) is 46.7. The number of nitrogens with zero attached hydrogens (tertiary/aromatic N) is 2. The van der Waals surface area contributed by atoms with E-state index in [1.165, 1.54) is 21.5 Å². The van der Waals surface area contributed by atoms with Crippen LogP contribution in [-0.2, 0) is 0 Å². The van der Waals surface area contributed by atoms with Crippen LogP contribution in [0.2, 0.25) is 0 Å². The van der Waals surface area contributed by atoms with Gasteiger partial charge in [-0.05, 0) is 69.6 Å². The average Bonchev–Trinajstić information content (AvgIpc) is 3.58. The van der Waals surface area contributed by atoms with Gasteiger partial charge < -0.3 is 8.98 Å². The maximum atomic E-state index is 7.62. The summed E-state index contributed by atoms with van der Waals surface area (Å²) >= 11 is 0. The van der Waals surface area contributed by atoms with E-state index in [0.717, 1.165) is 60.6 Å². The average molecular weight is 535 g/mol. The van der Waals surface area contributed by atoms with Gasteiger partial charge in [0.25, 0.3) is 0 Å². The van der Waals surface area contributed by atoms with Gasteiger partial charge in [0.1, 0.15) is 11.2 Å². The molecular formula is C39H22N2O. The molecule has 42 heavy (non-hydrogen) atoms. The van der Waals surface area contributed by atoms with Crippen molar-refractivity contribution in [3.63, 3.8) is 0 Å². The molecule has 194 valence electrons. The van der Waals surface area contributed by atoms with Gasteiger partial charge in [0.2, 0.25) is 0 Å². The predicted molar refractivity (Wildman–Crippen MR) is 175 cm³/mol. The van der Waals surface area contributed by atoms with Crippen LogP contribution in [0.25, 0.3) is 86.9 Å². The third-order valence-corrected chi connectivity index (χ3v) is 8.54. The SMILES string of the molecule is [C-]#[N+]c1ccc2c3ccc(-c4cc5ccccc5c5c4oc4cc6ccccc6cc45)cc3n(-c3ccccc3)c2c1. The molecule has 9 rings (SSSR count). The highest BCUT2D eigenvalue weighted by Gasteiger charge is 2.19. The minimum atomic E-state index is 0.633. The normalized spacial score (nSPS) is 11.8. The number of benzene rings is 7. The molecule has 0 bridgehead atoms. The van der Waals surface area contributed by atoms with Crippen molar-refractivity contribution < 1.29 is 4.42 Å². The quantitative estimate of drug-likeness (QED) is 0.202. The van der Waals surface area contributed by atoms with Crippen molar-refractivity contribution >= 4 is 71.0 Å². The highest BCUT2D eigenvalue weighted by Crippen LogP contribution is 2.43. The van der Waals surface area contributed by atoms with Crippen LogP contribution in [0.5, 0.6) is 0 Å². The highest BCUT2D eigenvalue weighted by molar-refractivity contribution is 6.24. The Morgan fingerprint density at radius 2 is 1.24 bits per heavy atom. The molecule has 0 aliphatic rings. The van der Waals surface area contributed by atoms with Crippen LogP contribution in [-0.4, -0.2) is 4.57 Å². The molecule has 0 unspecified atom stereocenters. The zero-order valence-electron chi connectivity index (χ0n) is 22.5. The molecule has 7 aromatic carbocycles. The lowest BCUT2D eigenvalue weighted by Gasteiger charge is -2.10. The molecule has 2 heterocycles. The zero-order chi connectivity index (χ0) is 27.8. The second-order valence-electron chi connectivity index (χ2n) is 10.9. The lowest BCUT2D eigenvalue weighted by Crippen LogP contribution is -1.93. The molecule has 0 radical (unpaired) electrons. The summed E-state index contributed by atoms with van der Waals surface area (Å²) < 4.78 is 9.00. The van der Waals surface area contributed by atoms with Gasteiger partial charge >= 0.3 is 0 Å². The van der Waals surface area contributed by atoms with Gasteiger partial charge in [-0.2, -0.15) is 0 Å². The molecule has 3 nitrogen and oxygen atoms in total. The fourth-order valence-corrected chi connectivity index (χ4v) is 6.62. The van der Waals surface area contributed by atoms with Crippen molar-refractivity contribution in [2.24, 2.45) is 0 Å². The monoisotopic (exact) mass is 534 g/mol. The summed E-state index contributed by atoms with van der Waals surface area (Å²) in [6.07, 6.45) is 0. The van der Waals surface area contributed by atoms with E-state index in [1.54, 1.807) is 0 Å². The van der Waals surface area contributed by atoms with Crippen LogP contribution in [0.15, 0.2) is 138 Å². The van der Waals surface area contributed by atoms with E-state index < -0.39 is 0 Å². The Bertz CT molecular complexity index is 2580. The van der Waals surface area contributed by atoms with E-state index >= 15 is 0 Å². The van der Waals surface area contributed by atoms with Gasteiger partial charge in [0.05, 0.1) is 12.1 Å². The molecule has 3 heteroatoms. The Labute approximate surface area is 241 Å². The summed E-state index contributed by atoms with van der Waals surface area (Å²) in [5.41, 5.74) is 7.78. The Balaban J connectivity index is 1.40. The molecule has 0 aliphatic carbocycles. The number of aromatic nitrogens is 1. The molecule has 0 saturated heterocycles. The van der Waals surface area contributed by atoms with Crippen LogP contribution in [0.1, 0.15) is 0 Å². The van der Waals surface area contributed by atoms with Gasteiger partial charge in [-0.3, -0.25) is 0 Å². The molecule has 0 saturated carbocycles. The Morgan fingerprint density at radius 1 is 0.548 bits per heavy atom. The number of hydrogen-bond acceptors (Lipinski definition) is 1. The van der Waals surface area contributed by atoms with E-state index in [4.69, 9.17) is 11.0 Å². The van der Waals surface area contributed by atoms with Crippen molar-refractivity contribution in [2.75, 3.05) is 0 Å². The second-order valence-corrected chi connectivity index (χ2v) is 10.9. The van der Waals surface area contributed by atoms with Crippen LogP contribution in [0.4, 0.5) is 5.69 Å². The van der Waals surface area contributed by atoms with Crippen molar-refractivity contribution in [2.45, 2.75) is 0 Å². The van der Waals surface area contributed by atoms with E-state index in [0.29, 0.717) is 5.69 Å². The molecule has 0 spiro atoms. The summed E-state index contributed by atoms with van der Waals surface area (Å²) in [5, 5.41) is 9.31. The van der Waals surface area contributed by atoms with E-state index in [9.17, 15) is 0 Å². The summed E-state index contributed by atoms with van der Waals surface area (Å²) in [7, 11) is 0. The molecule has 0 aliphatic heterocycles. The largest absolute Gasteiger partial charge is 0.455 e. The molecule has 0 atom stereocenters. The van der Waals surface area contributed by atoms with Crippen molar-refractivity contribution in [3.05, 3.63) is 145 Å². The highest BCUT2D eigenvalue weighted by atomic mass is 16.3. The minimum absolute atomic E-state index is 0.633. The summed E-state index contributed by atoms with van der Waals surface area (Å²) in [4.78, 5) is 3.72. The zero-order valence-corrected chi connectivity index (χ0v) is 22.5. The van der Waals surface area contributed by atoms with E-state index in [2.05, 4.69) is 125 Å².